The maximum absolute atomic E-state index is 12.0. The van der Waals surface area contributed by atoms with Gasteiger partial charge < -0.3 is 11.1 Å². The van der Waals surface area contributed by atoms with E-state index in [9.17, 15) is 4.79 Å². The number of rotatable bonds is 4. The highest BCUT2D eigenvalue weighted by Crippen LogP contribution is 2.03. The number of nitrogens with zero attached hydrogens (tertiary/aromatic N) is 2. The van der Waals surface area contributed by atoms with Crippen molar-refractivity contribution in [3.05, 3.63) is 53.3 Å². The number of hydrogen-bond donors (Lipinski definition) is 2. The van der Waals surface area contributed by atoms with E-state index in [4.69, 9.17) is 5.73 Å². The van der Waals surface area contributed by atoms with Crippen LogP contribution in [0, 0.1) is 18.8 Å². The molecule has 0 radical (unpaired) electrons. The van der Waals surface area contributed by atoms with Crippen molar-refractivity contribution in [3.8, 4) is 11.8 Å². The third kappa shape index (κ3) is 4.48. The third-order valence-electron chi connectivity index (χ3n) is 2.87. The Labute approximate surface area is 124 Å². The molecular formula is C16H18N4O. The van der Waals surface area contributed by atoms with Crippen molar-refractivity contribution in [2.75, 3.05) is 13.1 Å². The van der Waals surface area contributed by atoms with Crippen LogP contribution in [0.3, 0.4) is 0 Å². The summed E-state index contributed by atoms with van der Waals surface area (Å²) >= 11 is 0. The number of amides is 1. The van der Waals surface area contributed by atoms with Crippen LogP contribution in [0.4, 0.5) is 0 Å². The van der Waals surface area contributed by atoms with E-state index in [1.165, 1.54) is 0 Å². The molecule has 0 bridgehead atoms. The minimum atomic E-state index is -0.0998. The fraction of sp³-hybridized carbons (Fsp3) is 0.250. The van der Waals surface area contributed by atoms with Gasteiger partial charge in [-0.2, -0.15) is 5.10 Å². The molecule has 1 aromatic heterocycles. The van der Waals surface area contributed by atoms with Crippen LogP contribution < -0.4 is 11.1 Å². The fourth-order valence-electron chi connectivity index (χ4n) is 1.83. The number of nitrogens with one attached hydrogen (secondary N) is 1. The molecule has 108 valence electrons. The summed E-state index contributed by atoms with van der Waals surface area (Å²) in [5.41, 5.74) is 7.89. The number of hydrogen-bond acceptors (Lipinski definition) is 3. The second-order valence-corrected chi connectivity index (χ2v) is 4.62. The van der Waals surface area contributed by atoms with E-state index in [0.717, 1.165) is 11.1 Å². The Balaban J connectivity index is 1.85. The van der Waals surface area contributed by atoms with Crippen LogP contribution in [-0.4, -0.2) is 28.8 Å². The number of carbonyl (C=O) groups excluding carboxylic acids is 1. The Kier molecular flexibility index (Phi) is 5.13. The second-order valence-electron chi connectivity index (χ2n) is 4.62. The van der Waals surface area contributed by atoms with E-state index in [2.05, 4.69) is 22.3 Å². The Morgan fingerprint density at radius 2 is 2.14 bits per heavy atom. The van der Waals surface area contributed by atoms with Gasteiger partial charge in [0.25, 0.3) is 5.91 Å². The Morgan fingerprint density at radius 3 is 2.76 bits per heavy atom. The molecule has 0 aliphatic heterocycles. The molecule has 0 fully saturated rings. The lowest BCUT2D eigenvalue weighted by molar-refractivity contribution is 0.0952. The number of aromatic nitrogens is 2. The second kappa shape index (κ2) is 7.27. The van der Waals surface area contributed by atoms with E-state index in [1.807, 2.05) is 25.3 Å². The predicted molar refractivity (Wildman–Crippen MR) is 81.7 cm³/mol. The molecule has 0 saturated carbocycles. The molecule has 21 heavy (non-hydrogen) atoms. The molecule has 0 unspecified atom stereocenters. The van der Waals surface area contributed by atoms with Gasteiger partial charge in [0.15, 0.2) is 0 Å². The van der Waals surface area contributed by atoms with Crippen LogP contribution >= 0.6 is 0 Å². The zero-order valence-electron chi connectivity index (χ0n) is 12.0. The van der Waals surface area contributed by atoms with Gasteiger partial charge in [-0.05, 0) is 36.8 Å². The summed E-state index contributed by atoms with van der Waals surface area (Å²) in [6.45, 7) is 3.50. The molecule has 1 amide bonds. The summed E-state index contributed by atoms with van der Waals surface area (Å²) in [6, 6.07) is 7.14. The molecule has 0 aliphatic carbocycles. The first-order valence-corrected chi connectivity index (χ1v) is 6.75. The van der Waals surface area contributed by atoms with Gasteiger partial charge in [0.1, 0.15) is 0 Å². The number of carbonyl (C=O) groups is 1. The van der Waals surface area contributed by atoms with Crippen molar-refractivity contribution in [2.45, 2.75) is 13.5 Å². The van der Waals surface area contributed by atoms with Crippen molar-refractivity contribution < 1.29 is 4.79 Å². The van der Waals surface area contributed by atoms with E-state index in [1.54, 1.807) is 23.0 Å². The predicted octanol–water partition coefficient (Wildman–Crippen LogP) is 0.932. The molecule has 0 spiro atoms. The van der Waals surface area contributed by atoms with Gasteiger partial charge >= 0.3 is 0 Å². The van der Waals surface area contributed by atoms with E-state index in [0.29, 0.717) is 25.2 Å². The minimum Gasteiger partial charge on any atom is -0.350 e. The molecule has 3 N–H and O–H groups in total. The molecule has 0 aliphatic rings. The zero-order chi connectivity index (χ0) is 15.1. The molecule has 2 aromatic rings. The fourth-order valence-corrected chi connectivity index (χ4v) is 1.83. The zero-order valence-corrected chi connectivity index (χ0v) is 12.0. The van der Waals surface area contributed by atoms with Gasteiger partial charge in [-0.1, -0.05) is 11.8 Å². The van der Waals surface area contributed by atoms with Crippen LogP contribution in [0.15, 0.2) is 36.7 Å². The molecular weight excluding hydrogens is 264 g/mol. The number of aryl methyl sites for hydroxylation is 1. The van der Waals surface area contributed by atoms with Gasteiger partial charge in [-0.25, -0.2) is 0 Å². The van der Waals surface area contributed by atoms with Gasteiger partial charge in [0, 0.05) is 23.9 Å². The summed E-state index contributed by atoms with van der Waals surface area (Å²) in [5.74, 6) is 5.59. The van der Waals surface area contributed by atoms with Gasteiger partial charge in [-0.3, -0.25) is 9.48 Å². The third-order valence-corrected chi connectivity index (χ3v) is 2.87. The Bertz CT molecular complexity index is 662. The standard InChI is InChI=1S/C16H18N4O/c1-13-11-19-20(12-13)10-9-18-16(21)15-6-4-14(5-7-15)3-2-8-17/h4-7,11-12H,8-10,17H2,1H3,(H,18,21). The van der Waals surface area contributed by atoms with E-state index in [-0.39, 0.29) is 5.91 Å². The van der Waals surface area contributed by atoms with Crippen LogP contribution in [0.1, 0.15) is 21.5 Å². The normalized spacial score (nSPS) is 9.81. The maximum atomic E-state index is 12.0. The summed E-state index contributed by atoms with van der Waals surface area (Å²) in [6.07, 6.45) is 3.74. The van der Waals surface area contributed by atoms with Crippen LogP contribution in [-0.2, 0) is 6.54 Å². The van der Waals surface area contributed by atoms with E-state index < -0.39 is 0 Å². The Morgan fingerprint density at radius 1 is 1.38 bits per heavy atom. The smallest absolute Gasteiger partial charge is 0.251 e. The average molecular weight is 282 g/mol. The quantitative estimate of drug-likeness (QED) is 0.819. The van der Waals surface area contributed by atoms with Crippen LogP contribution in [0.5, 0.6) is 0 Å². The molecule has 0 saturated heterocycles. The first-order valence-electron chi connectivity index (χ1n) is 6.75. The van der Waals surface area contributed by atoms with Gasteiger partial charge in [0.2, 0.25) is 0 Å². The molecule has 2 rings (SSSR count). The molecule has 1 heterocycles. The lowest BCUT2D eigenvalue weighted by Gasteiger charge is -2.05. The molecule has 5 nitrogen and oxygen atoms in total. The van der Waals surface area contributed by atoms with Gasteiger partial charge in [0.05, 0.1) is 19.3 Å². The summed E-state index contributed by atoms with van der Waals surface area (Å²) in [5, 5.41) is 7.03. The minimum absolute atomic E-state index is 0.0998. The monoisotopic (exact) mass is 282 g/mol. The highest BCUT2D eigenvalue weighted by atomic mass is 16.1. The maximum Gasteiger partial charge on any atom is 0.251 e. The van der Waals surface area contributed by atoms with Crippen LogP contribution in [0.2, 0.25) is 0 Å². The first-order chi connectivity index (χ1) is 10.2. The first kappa shape index (κ1) is 14.8. The highest BCUT2D eigenvalue weighted by Gasteiger charge is 2.04. The van der Waals surface area contributed by atoms with Crippen molar-refractivity contribution in [3.63, 3.8) is 0 Å². The summed E-state index contributed by atoms with van der Waals surface area (Å²) in [4.78, 5) is 12.0. The van der Waals surface area contributed by atoms with Crippen molar-refractivity contribution in [1.29, 1.82) is 0 Å². The van der Waals surface area contributed by atoms with Crippen molar-refractivity contribution >= 4 is 5.91 Å². The van der Waals surface area contributed by atoms with E-state index >= 15 is 0 Å². The molecule has 5 heteroatoms. The summed E-state index contributed by atoms with van der Waals surface area (Å²) < 4.78 is 1.81. The van der Waals surface area contributed by atoms with Crippen molar-refractivity contribution in [2.24, 2.45) is 5.73 Å². The lowest BCUT2D eigenvalue weighted by Crippen LogP contribution is -2.27. The van der Waals surface area contributed by atoms with Gasteiger partial charge in [-0.15, -0.1) is 0 Å². The number of benzene rings is 1. The summed E-state index contributed by atoms with van der Waals surface area (Å²) in [7, 11) is 0. The highest BCUT2D eigenvalue weighted by molar-refractivity contribution is 5.94. The number of nitrogens with two attached hydrogens (primary N) is 1. The Hall–Kier alpha value is -2.58. The SMILES string of the molecule is Cc1cnn(CCNC(=O)c2ccc(C#CCN)cc2)c1. The van der Waals surface area contributed by atoms with Crippen molar-refractivity contribution in [1.82, 2.24) is 15.1 Å². The lowest BCUT2D eigenvalue weighted by atomic mass is 10.1. The topological polar surface area (TPSA) is 72.9 Å². The van der Waals surface area contributed by atoms with Crippen LogP contribution in [0.25, 0.3) is 0 Å². The molecule has 0 atom stereocenters. The average Bonchev–Trinajstić information content (AvgIpc) is 2.91. The largest absolute Gasteiger partial charge is 0.350 e. The molecule has 1 aromatic carbocycles.